The predicted octanol–water partition coefficient (Wildman–Crippen LogP) is 1.95. The highest BCUT2D eigenvalue weighted by molar-refractivity contribution is 5.82. The van der Waals surface area contributed by atoms with Crippen LogP contribution in [0.3, 0.4) is 0 Å². The van der Waals surface area contributed by atoms with Crippen molar-refractivity contribution in [1.82, 2.24) is 5.32 Å². The average Bonchev–Trinajstić information content (AvgIpc) is 2.66. The Bertz CT molecular complexity index is 285. The fourth-order valence-corrected chi connectivity index (χ4v) is 3.33. The highest BCUT2D eigenvalue weighted by atomic mass is 16.3. The quantitative estimate of drug-likeness (QED) is 0.787. The van der Waals surface area contributed by atoms with Gasteiger partial charge in [-0.1, -0.05) is 27.2 Å². The van der Waals surface area contributed by atoms with Gasteiger partial charge < -0.3 is 10.4 Å². The molecule has 2 rings (SSSR count). The van der Waals surface area contributed by atoms with Crippen LogP contribution < -0.4 is 5.32 Å². The van der Waals surface area contributed by atoms with E-state index in [1.54, 1.807) is 0 Å². The maximum Gasteiger partial charge on any atom is 0.223 e. The molecular weight excluding hydrogens is 214 g/mol. The highest BCUT2D eigenvalue weighted by Crippen LogP contribution is 2.57. The largest absolute Gasteiger partial charge is 0.391 e. The third-order valence-electron chi connectivity index (χ3n) is 4.07. The summed E-state index contributed by atoms with van der Waals surface area (Å²) in [5.41, 5.74) is 0.111. The Morgan fingerprint density at radius 1 is 1.35 bits per heavy atom. The Labute approximate surface area is 104 Å². The molecule has 0 spiro atoms. The van der Waals surface area contributed by atoms with Crippen LogP contribution in [0.5, 0.6) is 0 Å². The van der Waals surface area contributed by atoms with Crippen molar-refractivity contribution in [3.63, 3.8) is 0 Å². The SMILES string of the molecule is CC(C)(C)CC(O)CNC(=O)C1C2CCCC21. The molecule has 2 aliphatic carbocycles. The van der Waals surface area contributed by atoms with Crippen LogP contribution in [-0.2, 0) is 4.79 Å². The van der Waals surface area contributed by atoms with Gasteiger partial charge in [0, 0.05) is 12.5 Å². The van der Waals surface area contributed by atoms with Crippen molar-refractivity contribution in [2.24, 2.45) is 23.2 Å². The molecule has 0 aromatic carbocycles. The molecule has 0 aromatic heterocycles. The molecule has 2 N–H and O–H groups in total. The molecule has 2 saturated carbocycles. The van der Waals surface area contributed by atoms with Gasteiger partial charge in [-0.3, -0.25) is 4.79 Å². The number of hydrogen-bond donors (Lipinski definition) is 2. The lowest BCUT2D eigenvalue weighted by Crippen LogP contribution is -2.35. The van der Waals surface area contributed by atoms with Crippen molar-refractivity contribution < 1.29 is 9.90 Å². The van der Waals surface area contributed by atoms with Gasteiger partial charge in [-0.15, -0.1) is 0 Å². The van der Waals surface area contributed by atoms with Crippen molar-refractivity contribution in [3.8, 4) is 0 Å². The number of carbonyl (C=O) groups excluding carboxylic acids is 1. The number of amides is 1. The van der Waals surface area contributed by atoms with Crippen LogP contribution in [0.1, 0.15) is 46.5 Å². The van der Waals surface area contributed by atoms with Crippen LogP contribution in [0.25, 0.3) is 0 Å². The topological polar surface area (TPSA) is 49.3 Å². The molecule has 17 heavy (non-hydrogen) atoms. The minimum Gasteiger partial charge on any atom is -0.391 e. The molecule has 2 fully saturated rings. The molecule has 0 saturated heterocycles. The van der Waals surface area contributed by atoms with Crippen LogP contribution in [0.15, 0.2) is 0 Å². The molecule has 0 aromatic rings. The van der Waals surface area contributed by atoms with Gasteiger partial charge in [-0.05, 0) is 36.5 Å². The van der Waals surface area contributed by atoms with E-state index in [1.165, 1.54) is 19.3 Å². The summed E-state index contributed by atoms with van der Waals surface area (Å²) in [5.74, 6) is 1.77. The molecule has 3 unspecified atom stereocenters. The van der Waals surface area contributed by atoms with E-state index in [0.29, 0.717) is 18.4 Å². The van der Waals surface area contributed by atoms with Crippen molar-refractivity contribution in [1.29, 1.82) is 0 Å². The molecule has 2 aliphatic rings. The Balaban J connectivity index is 1.67. The van der Waals surface area contributed by atoms with Gasteiger partial charge in [0.1, 0.15) is 0 Å². The fraction of sp³-hybridized carbons (Fsp3) is 0.929. The average molecular weight is 239 g/mol. The minimum atomic E-state index is -0.419. The number of rotatable bonds is 4. The molecule has 3 nitrogen and oxygen atoms in total. The lowest BCUT2D eigenvalue weighted by atomic mass is 9.89. The Kier molecular flexibility index (Phi) is 3.48. The molecule has 0 radical (unpaired) electrons. The Hall–Kier alpha value is -0.570. The van der Waals surface area contributed by atoms with E-state index in [1.807, 2.05) is 0 Å². The van der Waals surface area contributed by atoms with Crippen molar-refractivity contribution in [3.05, 3.63) is 0 Å². The lowest BCUT2D eigenvalue weighted by molar-refractivity contribution is -0.123. The number of aliphatic hydroxyl groups excluding tert-OH is 1. The molecule has 3 heteroatoms. The summed E-state index contributed by atoms with van der Waals surface area (Å²) in [6.07, 6.45) is 4.06. The second-order valence-electron chi connectivity index (χ2n) is 6.95. The fourth-order valence-electron chi connectivity index (χ4n) is 3.33. The number of carbonyl (C=O) groups is 1. The first-order valence-electron chi connectivity index (χ1n) is 6.84. The third kappa shape index (κ3) is 3.21. The first-order valence-corrected chi connectivity index (χ1v) is 6.84. The molecular formula is C14H25NO2. The smallest absolute Gasteiger partial charge is 0.223 e. The van der Waals surface area contributed by atoms with Crippen molar-refractivity contribution in [2.75, 3.05) is 6.54 Å². The summed E-state index contributed by atoms with van der Waals surface area (Å²) < 4.78 is 0. The summed E-state index contributed by atoms with van der Waals surface area (Å²) in [4.78, 5) is 11.9. The van der Waals surface area contributed by atoms with Crippen molar-refractivity contribution in [2.45, 2.75) is 52.6 Å². The van der Waals surface area contributed by atoms with Gasteiger partial charge in [0.15, 0.2) is 0 Å². The van der Waals surface area contributed by atoms with Gasteiger partial charge in [0.05, 0.1) is 6.10 Å². The van der Waals surface area contributed by atoms with Gasteiger partial charge in [-0.25, -0.2) is 0 Å². The molecule has 1 amide bonds. The summed E-state index contributed by atoms with van der Waals surface area (Å²) >= 11 is 0. The van der Waals surface area contributed by atoms with E-state index < -0.39 is 6.10 Å². The number of aliphatic hydroxyl groups is 1. The van der Waals surface area contributed by atoms with Gasteiger partial charge in [0.25, 0.3) is 0 Å². The van der Waals surface area contributed by atoms with Crippen LogP contribution in [0.4, 0.5) is 0 Å². The molecule has 3 atom stereocenters. The lowest BCUT2D eigenvalue weighted by Gasteiger charge is -2.22. The van der Waals surface area contributed by atoms with Gasteiger partial charge in [0.2, 0.25) is 5.91 Å². The second-order valence-corrected chi connectivity index (χ2v) is 6.95. The minimum absolute atomic E-state index is 0.111. The predicted molar refractivity (Wildman–Crippen MR) is 67.4 cm³/mol. The number of hydrogen-bond acceptors (Lipinski definition) is 2. The molecule has 98 valence electrons. The second kappa shape index (κ2) is 4.60. The van der Waals surface area contributed by atoms with E-state index in [2.05, 4.69) is 26.1 Å². The summed E-state index contributed by atoms with van der Waals surface area (Å²) in [6.45, 7) is 6.71. The maximum absolute atomic E-state index is 11.9. The first kappa shape index (κ1) is 12.9. The Morgan fingerprint density at radius 3 is 2.47 bits per heavy atom. The van der Waals surface area contributed by atoms with Crippen LogP contribution in [-0.4, -0.2) is 23.7 Å². The number of nitrogens with one attached hydrogen (secondary N) is 1. The highest BCUT2D eigenvalue weighted by Gasteiger charge is 2.56. The van der Waals surface area contributed by atoms with Gasteiger partial charge >= 0.3 is 0 Å². The molecule has 0 heterocycles. The molecule has 0 bridgehead atoms. The van der Waals surface area contributed by atoms with E-state index in [-0.39, 0.29) is 17.2 Å². The third-order valence-corrected chi connectivity index (χ3v) is 4.07. The zero-order valence-corrected chi connectivity index (χ0v) is 11.2. The standard InChI is InChI=1S/C14H25NO2/c1-14(2,3)7-9(16)8-15-13(17)12-10-5-4-6-11(10)12/h9-12,16H,4-8H2,1-3H3,(H,15,17). The van der Waals surface area contributed by atoms with E-state index in [4.69, 9.17) is 0 Å². The molecule has 0 aliphatic heterocycles. The van der Waals surface area contributed by atoms with Crippen molar-refractivity contribution >= 4 is 5.91 Å². The zero-order chi connectivity index (χ0) is 12.6. The Morgan fingerprint density at radius 2 is 1.94 bits per heavy atom. The summed E-state index contributed by atoms with van der Waals surface area (Å²) in [6, 6.07) is 0. The van der Waals surface area contributed by atoms with Gasteiger partial charge in [-0.2, -0.15) is 0 Å². The summed E-state index contributed by atoms with van der Waals surface area (Å²) in [5, 5.41) is 12.7. The van der Waals surface area contributed by atoms with E-state index in [0.717, 1.165) is 6.42 Å². The van der Waals surface area contributed by atoms with E-state index in [9.17, 15) is 9.90 Å². The number of fused-ring (bicyclic) bond motifs is 1. The summed E-state index contributed by atoms with van der Waals surface area (Å²) in [7, 11) is 0. The van der Waals surface area contributed by atoms with Crippen LogP contribution in [0.2, 0.25) is 0 Å². The zero-order valence-electron chi connectivity index (χ0n) is 11.2. The van der Waals surface area contributed by atoms with E-state index >= 15 is 0 Å². The van der Waals surface area contributed by atoms with Crippen LogP contribution in [0, 0.1) is 23.2 Å². The normalized spacial score (nSPS) is 33.1. The maximum atomic E-state index is 11.9. The monoisotopic (exact) mass is 239 g/mol. The van der Waals surface area contributed by atoms with Crippen LogP contribution >= 0.6 is 0 Å². The first-order chi connectivity index (χ1) is 7.88.